The van der Waals surface area contributed by atoms with Gasteiger partial charge < -0.3 is 4.74 Å². The first-order valence-electron chi connectivity index (χ1n) is 6.31. The van der Waals surface area contributed by atoms with Crippen LogP contribution in [0.4, 0.5) is 0 Å². The molecule has 1 aromatic carbocycles. The molecule has 0 fully saturated rings. The van der Waals surface area contributed by atoms with Crippen LogP contribution in [-0.2, 0) is 16.0 Å². The van der Waals surface area contributed by atoms with Crippen LogP contribution < -0.4 is 0 Å². The summed E-state index contributed by atoms with van der Waals surface area (Å²) in [5.41, 5.74) is 2.31. The predicted octanol–water partition coefficient (Wildman–Crippen LogP) is 3.69. The van der Waals surface area contributed by atoms with Crippen molar-refractivity contribution in [2.45, 2.75) is 52.6 Å². The molecule has 0 bridgehead atoms. The van der Waals surface area contributed by atoms with Crippen molar-refractivity contribution in [3.63, 3.8) is 0 Å². The fourth-order valence-electron chi connectivity index (χ4n) is 1.54. The van der Waals surface area contributed by atoms with Crippen LogP contribution in [-0.4, -0.2) is 12.1 Å². The minimum Gasteiger partial charge on any atom is -0.462 e. The zero-order chi connectivity index (χ0) is 12.8. The van der Waals surface area contributed by atoms with Crippen molar-refractivity contribution in [3.8, 4) is 0 Å². The molecule has 0 N–H and O–H groups in total. The molecule has 1 aromatic rings. The normalized spacial score (nSPS) is 12.5. The Hall–Kier alpha value is -1.31. The van der Waals surface area contributed by atoms with Gasteiger partial charge in [0.05, 0.1) is 12.5 Å². The number of carbonyl (C=O) groups excluding carboxylic acids is 1. The number of benzene rings is 1. The molecule has 2 heteroatoms. The van der Waals surface area contributed by atoms with Crippen molar-refractivity contribution in [1.82, 2.24) is 0 Å². The molecule has 0 saturated heterocycles. The maximum Gasteiger partial charge on any atom is 0.310 e. The maximum absolute atomic E-state index is 11.6. The van der Waals surface area contributed by atoms with Crippen LogP contribution in [0.2, 0.25) is 0 Å². The van der Waals surface area contributed by atoms with E-state index in [1.165, 1.54) is 5.56 Å². The Kier molecular flexibility index (Phi) is 5.20. The first-order valence-corrected chi connectivity index (χ1v) is 6.31. The van der Waals surface area contributed by atoms with Crippen molar-refractivity contribution in [2.24, 2.45) is 0 Å². The fourth-order valence-corrected chi connectivity index (χ4v) is 1.54. The third kappa shape index (κ3) is 4.59. The molecule has 0 aliphatic carbocycles. The van der Waals surface area contributed by atoms with Gasteiger partial charge in [0.15, 0.2) is 0 Å². The first-order chi connectivity index (χ1) is 8.02. The lowest BCUT2D eigenvalue weighted by Crippen LogP contribution is -2.15. The second kappa shape index (κ2) is 6.43. The summed E-state index contributed by atoms with van der Waals surface area (Å²) >= 11 is 0. The van der Waals surface area contributed by atoms with E-state index in [0.717, 1.165) is 12.0 Å². The molecule has 0 amide bonds. The van der Waals surface area contributed by atoms with Crippen LogP contribution in [0.1, 0.15) is 51.2 Å². The van der Waals surface area contributed by atoms with Crippen molar-refractivity contribution in [3.05, 3.63) is 35.4 Å². The van der Waals surface area contributed by atoms with Crippen LogP contribution in [0.25, 0.3) is 0 Å². The molecular weight excluding hydrogens is 212 g/mol. The summed E-state index contributed by atoms with van der Waals surface area (Å²) in [6.45, 7) is 8.24. The number of esters is 1. The molecule has 2 nitrogen and oxygen atoms in total. The maximum atomic E-state index is 11.6. The lowest BCUT2D eigenvalue weighted by molar-refractivity contribution is -0.147. The summed E-state index contributed by atoms with van der Waals surface area (Å²) in [5.74, 6) is 0.382. The Labute approximate surface area is 104 Å². The van der Waals surface area contributed by atoms with Gasteiger partial charge in [0, 0.05) is 0 Å². The van der Waals surface area contributed by atoms with E-state index in [-0.39, 0.29) is 12.1 Å². The van der Waals surface area contributed by atoms with Gasteiger partial charge >= 0.3 is 5.97 Å². The summed E-state index contributed by atoms with van der Waals surface area (Å²) in [7, 11) is 0. The highest BCUT2D eigenvalue weighted by atomic mass is 16.5. The molecule has 0 radical (unpaired) electrons. The second-order valence-electron chi connectivity index (χ2n) is 4.78. The molecule has 0 heterocycles. The topological polar surface area (TPSA) is 26.3 Å². The summed E-state index contributed by atoms with van der Waals surface area (Å²) in [6.07, 6.45) is 1.23. The van der Waals surface area contributed by atoms with E-state index in [9.17, 15) is 4.79 Å². The molecule has 1 rings (SSSR count). The van der Waals surface area contributed by atoms with E-state index in [1.54, 1.807) is 0 Å². The Morgan fingerprint density at radius 1 is 1.18 bits per heavy atom. The molecule has 17 heavy (non-hydrogen) atoms. The van der Waals surface area contributed by atoms with Crippen LogP contribution >= 0.6 is 0 Å². The summed E-state index contributed by atoms with van der Waals surface area (Å²) in [5, 5.41) is 0. The third-order valence-corrected chi connectivity index (χ3v) is 2.90. The predicted molar refractivity (Wildman–Crippen MR) is 70.1 cm³/mol. The van der Waals surface area contributed by atoms with E-state index >= 15 is 0 Å². The Bertz CT molecular complexity index is 352. The van der Waals surface area contributed by atoms with E-state index in [0.29, 0.717) is 12.3 Å². The highest BCUT2D eigenvalue weighted by Gasteiger charge is 2.08. The lowest BCUT2D eigenvalue weighted by atomic mass is 10.0. The molecule has 0 aliphatic heterocycles. The first kappa shape index (κ1) is 13.8. The average Bonchev–Trinajstić information content (AvgIpc) is 2.29. The van der Waals surface area contributed by atoms with Gasteiger partial charge in [-0.2, -0.15) is 0 Å². The van der Waals surface area contributed by atoms with Crippen molar-refractivity contribution in [2.75, 3.05) is 0 Å². The van der Waals surface area contributed by atoms with Crippen LogP contribution in [0.5, 0.6) is 0 Å². The number of ether oxygens (including phenoxy) is 1. The number of hydrogen-bond acceptors (Lipinski definition) is 2. The molecule has 0 spiro atoms. The van der Waals surface area contributed by atoms with Crippen molar-refractivity contribution >= 4 is 5.97 Å². The SMILES string of the molecule is CCC(C)OC(=O)Cc1ccc(C(C)C)cc1. The molecule has 0 aliphatic rings. The zero-order valence-electron chi connectivity index (χ0n) is 11.2. The number of carbonyl (C=O) groups is 1. The summed E-state index contributed by atoms with van der Waals surface area (Å²) in [6, 6.07) is 8.17. The fraction of sp³-hybridized carbons (Fsp3) is 0.533. The Balaban J connectivity index is 2.54. The Morgan fingerprint density at radius 3 is 2.24 bits per heavy atom. The molecular formula is C15H22O2. The average molecular weight is 234 g/mol. The highest BCUT2D eigenvalue weighted by Crippen LogP contribution is 2.15. The Morgan fingerprint density at radius 2 is 1.76 bits per heavy atom. The minimum absolute atomic E-state index is 0.0115. The van der Waals surface area contributed by atoms with Gasteiger partial charge in [0.1, 0.15) is 0 Å². The lowest BCUT2D eigenvalue weighted by Gasteiger charge is -2.11. The van der Waals surface area contributed by atoms with E-state index < -0.39 is 0 Å². The standard InChI is InChI=1S/C15H22O2/c1-5-12(4)17-15(16)10-13-6-8-14(9-7-13)11(2)3/h6-9,11-12H,5,10H2,1-4H3. The third-order valence-electron chi connectivity index (χ3n) is 2.90. The highest BCUT2D eigenvalue weighted by molar-refractivity contribution is 5.72. The van der Waals surface area contributed by atoms with Gasteiger partial charge in [-0.3, -0.25) is 4.79 Å². The molecule has 1 atom stereocenters. The van der Waals surface area contributed by atoms with Crippen molar-refractivity contribution in [1.29, 1.82) is 0 Å². The largest absolute Gasteiger partial charge is 0.462 e. The van der Waals surface area contributed by atoms with E-state index in [4.69, 9.17) is 4.74 Å². The minimum atomic E-state index is -0.142. The zero-order valence-corrected chi connectivity index (χ0v) is 11.2. The van der Waals surface area contributed by atoms with E-state index in [2.05, 4.69) is 26.0 Å². The second-order valence-corrected chi connectivity index (χ2v) is 4.78. The van der Waals surface area contributed by atoms with Gasteiger partial charge in [0.2, 0.25) is 0 Å². The van der Waals surface area contributed by atoms with Gasteiger partial charge in [-0.25, -0.2) is 0 Å². The van der Waals surface area contributed by atoms with E-state index in [1.807, 2.05) is 26.0 Å². The summed E-state index contributed by atoms with van der Waals surface area (Å²) < 4.78 is 5.24. The van der Waals surface area contributed by atoms with Crippen molar-refractivity contribution < 1.29 is 9.53 Å². The molecule has 94 valence electrons. The van der Waals surface area contributed by atoms with Crippen LogP contribution in [0.15, 0.2) is 24.3 Å². The number of rotatable bonds is 5. The van der Waals surface area contributed by atoms with Gasteiger partial charge in [-0.15, -0.1) is 0 Å². The quantitative estimate of drug-likeness (QED) is 0.726. The monoisotopic (exact) mass is 234 g/mol. The van der Waals surface area contributed by atoms with Gasteiger partial charge in [-0.05, 0) is 30.4 Å². The van der Waals surface area contributed by atoms with Crippen LogP contribution in [0.3, 0.4) is 0 Å². The molecule has 0 aromatic heterocycles. The van der Waals surface area contributed by atoms with Gasteiger partial charge in [0.25, 0.3) is 0 Å². The molecule has 0 saturated carbocycles. The smallest absolute Gasteiger partial charge is 0.310 e. The van der Waals surface area contributed by atoms with Gasteiger partial charge in [-0.1, -0.05) is 45.0 Å². The number of hydrogen-bond donors (Lipinski definition) is 0. The summed E-state index contributed by atoms with van der Waals surface area (Å²) in [4.78, 5) is 11.6. The molecule has 1 unspecified atom stereocenters. The van der Waals surface area contributed by atoms with Crippen LogP contribution in [0, 0.1) is 0 Å².